The molecule has 0 unspecified atom stereocenters. The van der Waals surface area contributed by atoms with E-state index in [1.807, 2.05) is 6.92 Å². The minimum absolute atomic E-state index is 0.0125. The summed E-state index contributed by atoms with van der Waals surface area (Å²) in [6.45, 7) is 2.43. The lowest BCUT2D eigenvalue weighted by Gasteiger charge is -2.32. The van der Waals surface area contributed by atoms with Gasteiger partial charge in [0.15, 0.2) is 0 Å². The SMILES string of the molecule is C[C@@H]1CCCCN1S(=O)(=O)c1cccc(B(O)O)c1. The van der Waals surface area contributed by atoms with Gasteiger partial charge in [0.05, 0.1) is 4.90 Å². The Labute approximate surface area is 114 Å². The zero-order valence-electron chi connectivity index (χ0n) is 10.9. The van der Waals surface area contributed by atoms with Gasteiger partial charge in [-0.15, -0.1) is 0 Å². The van der Waals surface area contributed by atoms with Crippen molar-refractivity contribution in [2.24, 2.45) is 0 Å². The van der Waals surface area contributed by atoms with Gasteiger partial charge in [-0.3, -0.25) is 0 Å². The van der Waals surface area contributed by atoms with Gasteiger partial charge in [-0.25, -0.2) is 8.42 Å². The van der Waals surface area contributed by atoms with Crippen molar-refractivity contribution in [3.63, 3.8) is 0 Å². The maximum Gasteiger partial charge on any atom is 0.488 e. The molecule has 2 rings (SSSR count). The first-order chi connectivity index (χ1) is 8.93. The minimum atomic E-state index is -3.56. The van der Waals surface area contributed by atoms with Crippen molar-refractivity contribution in [2.45, 2.75) is 37.1 Å². The highest BCUT2D eigenvalue weighted by Gasteiger charge is 2.31. The monoisotopic (exact) mass is 283 g/mol. The van der Waals surface area contributed by atoms with Crippen LogP contribution in [0.5, 0.6) is 0 Å². The molecule has 1 saturated heterocycles. The van der Waals surface area contributed by atoms with Gasteiger partial charge >= 0.3 is 7.12 Å². The summed E-state index contributed by atoms with van der Waals surface area (Å²) in [5.41, 5.74) is 0.186. The van der Waals surface area contributed by atoms with Gasteiger partial charge < -0.3 is 10.0 Å². The minimum Gasteiger partial charge on any atom is -0.423 e. The third-order valence-electron chi connectivity index (χ3n) is 3.50. The fourth-order valence-corrected chi connectivity index (χ4v) is 4.15. The second-order valence-electron chi connectivity index (χ2n) is 4.91. The van der Waals surface area contributed by atoms with E-state index in [1.54, 1.807) is 0 Å². The topological polar surface area (TPSA) is 77.8 Å². The average molecular weight is 283 g/mol. The molecule has 0 aliphatic carbocycles. The van der Waals surface area contributed by atoms with Crippen LogP contribution in [0.25, 0.3) is 0 Å². The summed E-state index contributed by atoms with van der Waals surface area (Å²) in [5.74, 6) is 0. The Morgan fingerprint density at radius 2 is 2.05 bits per heavy atom. The lowest BCUT2D eigenvalue weighted by molar-refractivity contribution is 0.268. The molecular weight excluding hydrogens is 265 g/mol. The molecule has 5 nitrogen and oxygen atoms in total. The van der Waals surface area contributed by atoms with E-state index in [2.05, 4.69) is 0 Å². The first-order valence-corrected chi connectivity index (χ1v) is 7.85. The Morgan fingerprint density at radius 1 is 1.32 bits per heavy atom. The maximum absolute atomic E-state index is 12.5. The van der Waals surface area contributed by atoms with Crippen LogP contribution in [0.2, 0.25) is 0 Å². The number of benzene rings is 1. The number of nitrogens with zero attached hydrogens (tertiary/aromatic N) is 1. The summed E-state index contributed by atoms with van der Waals surface area (Å²) in [7, 11) is -5.21. The zero-order valence-corrected chi connectivity index (χ0v) is 11.7. The first kappa shape index (κ1) is 14.5. The molecule has 1 atom stereocenters. The zero-order chi connectivity index (χ0) is 14.0. The van der Waals surface area contributed by atoms with Crippen molar-refractivity contribution in [3.05, 3.63) is 24.3 Å². The van der Waals surface area contributed by atoms with E-state index in [-0.39, 0.29) is 16.4 Å². The van der Waals surface area contributed by atoms with Crippen molar-refractivity contribution in [1.82, 2.24) is 4.31 Å². The summed E-state index contributed by atoms with van der Waals surface area (Å²) in [5, 5.41) is 18.2. The molecule has 0 aromatic heterocycles. The molecule has 0 saturated carbocycles. The van der Waals surface area contributed by atoms with E-state index < -0.39 is 17.1 Å². The van der Waals surface area contributed by atoms with Gasteiger partial charge in [-0.2, -0.15) is 4.31 Å². The number of rotatable bonds is 3. The fraction of sp³-hybridized carbons (Fsp3) is 0.500. The van der Waals surface area contributed by atoms with Crippen molar-refractivity contribution >= 4 is 22.6 Å². The van der Waals surface area contributed by atoms with Crippen LogP contribution in [0.1, 0.15) is 26.2 Å². The van der Waals surface area contributed by atoms with Crippen molar-refractivity contribution in [2.75, 3.05) is 6.54 Å². The predicted octanol–water partition coefficient (Wildman–Crippen LogP) is -0.0705. The first-order valence-electron chi connectivity index (χ1n) is 6.41. The Bertz CT molecular complexity index is 546. The van der Waals surface area contributed by atoms with Crippen LogP contribution in [0.4, 0.5) is 0 Å². The Hall–Kier alpha value is -0.885. The molecule has 19 heavy (non-hydrogen) atoms. The molecule has 7 heteroatoms. The predicted molar refractivity (Wildman–Crippen MR) is 73.5 cm³/mol. The summed E-state index contributed by atoms with van der Waals surface area (Å²) in [6.07, 6.45) is 2.77. The number of piperidine rings is 1. The van der Waals surface area contributed by atoms with Crippen molar-refractivity contribution in [1.29, 1.82) is 0 Å². The molecule has 0 radical (unpaired) electrons. The summed E-state index contributed by atoms with van der Waals surface area (Å²) in [6, 6.07) is 5.81. The summed E-state index contributed by atoms with van der Waals surface area (Å²) < 4.78 is 26.6. The van der Waals surface area contributed by atoms with Gasteiger partial charge in [0.1, 0.15) is 0 Å². The van der Waals surface area contributed by atoms with E-state index in [0.29, 0.717) is 6.54 Å². The van der Waals surface area contributed by atoms with Gasteiger partial charge in [0.2, 0.25) is 10.0 Å². The summed E-state index contributed by atoms with van der Waals surface area (Å²) >= 11 is 0. The van der Waals surface area contributed by atoms with Crippen molar-refractivity contribution < 1.29 is 18.5 Å². The lowest BCUT2D eigenvalue weighted by Crippen LogP contribution is -2.42. The van der Waals surface area contributed by atoms with Crippen LogP contribution in [0.15, 0.2) is 29.2 Å². The third kappa shape index (κ3) is 3.00. The molecule has 1 fully saturated rings. The van der Waals surface area contributed by atoms with E-state index >= 15 is 0 Å². The smallest absolute Gasteiger partial charge is 0.423 e. The average Bonchev–Trinajstić information content (AvgIpc) is 2.39. The van der Waals surface area contributed by atoms with Crippen LogP contribution in [-0.4, -0.2) is 42.5 Å². The van der Waals surface area contributed by atoms with Crippen LogP contribution in [0, 0.1) is 0 Å². The molecule has 0 spiro atoms. The third-order valence-corrected chi connectivity index (χ3v) is 5.51. The molecule has 1 heterocycles. The maximum atomic E-state index is 12.5. The Morgan fingerprint density at radius 3 is 2.68 bits per heavy atom. The van der Waals surface area contributed by atoms with E-state index in [4.69, 9.17) is 10.0 Å². The second kappa shape index (κ2) is 5.62. The van der Waals surface area contributed by atoms with Crippen LogP contribution in [0.3, 0.4) is 0 Å². The largest absolute Gasteiger partial charge is 0.488 e. The van der Waals surface area contributed by atoms with E-state index in [1.165, 1.54) is 28.6 Å². The normalized spacial score (nSPS) is 21.3. The molecule has 0 amide bonds. The van der Waals surface area contributed by atoms with Crippen LogP contribution in [-0.2, 0) is 10.0 Å². The number of sulfonamides is 1. The molecule has 2 N–H and O–H groups in total. The quantitative estimate of drug-likeness (QED) is 0.761. The highest BCUT2D eigenvalue weighted by molar-refractivity contribution is 7.89. The van der Waals surface area contributed by atoms with Gasteiger partial charge in [-0.05, 0) is 37.4 Å². The number of hydrogen-bond acceptors (Lipinski definition) is 4. The van der Waals surface area contributed by atoms with Crippen molar-refractivity contribution in [3.8, 4) is 0 Å². The summed E-state index contributed by atoms with van der Waals surface area (Å²) in [4.78, 5) is 0.117. The van der Waals surface area contributed by atoms with E-state index in [9.17, 15) is 8.42 Å². The molecular formula is C12H18BNO4S. The van der Waals surface area contributed by atoms with E-state index in [0.717, 1.165) is 19.3 Å². The second-order valence-corrected chi connectivity index (χ2v) is 6.80. The van der Waals surface area contributed by atoms with Crippen LogP contribution >= 0.6 is 0 Å². The lowest BCUT2D eigenvalue weighted by atomic mass is 9.80. The highest BCUT2D eigenvalue weighted by Crippen LogP contribution is 2.24. The van der Waals surface area contributed by atoms with Crippen LogP contribution < -0.4 is 5.46 Å². The van der Waals surface area contributed by atoms with Gasteiger partial charge in [0, 0.05) is 12.6 Å². The van der Waals surface area contributed by atoms with Gasteiger partial charge in [-0.1, -0.05) is 18.6 Å². The standard InChI is InChI=1S/C12H18BNO4S/c1-10-5-2-3-8-14(10)19(17,18)12-7-4-6-11(9-12)13(15)16/h4,6-7,9-10,15-16H,2-3,5,8H2,1H3/t10-/m1/s1. The number of hydrogen-bond donors (Lipinski definition) is 2. The fourth-order valence-electron chi connectivity index (χ4n) is 2.40. The molecule has 1 aromatic rings. The molecule has 104 valence electrons. The van der Waals surface area contributed by atoms with Gasteiger partial charge in [0.25, 0.3) is 0 Å². The Balaban J connectivity index is 2.36. The molecule has 1 aliphatic heterocycles. The molecule has 1 aromatic carbocycles. The molecule has 1 aliphatic rings. The highest BCUT2D eigenvalue weighted by atomic mass is 32.2. The molecule has 0 bridgehead atoms. The Kier molecular flexibility index (Phi) is 4.30.